The molecule has 1 aromatic heterocycles. The number of carbonyl (C=O) groups excluding carboxylic acids is 1. The molecule has 6 atom stereocenters. The van der Waals surface area contributed by atoms with Crippen LogP contribution in [0.3, 0.4) is 0 Å². The molecule has 4 aliphatic carbocycles. The predicted molar refractivity (Wildman–Crippen MR) is 128 cm³/mol. The maximum Gasteiger partial charge on any atom is 0.306 e. The van der Waals surface area contributed by atoms with Crippen molar-refractivity contribution in [2.24, 2.45) is 28.6 Å². The van der Waals surface area contributed by atoms with Crippen molar-refractivity contribution in [3.63, 3.8) is 0 Å². The van der Waals surface area contributed by atoms with Crippen LogP contribution in [-0.4, -0.2) is 21.4 Å². The molecule has 33 heavy (non-hydrogen) atoms. The largest absolute Gasteiger partial charge is 0.458 e. The summed E-state index contributed by atoms with van der Waals surface area (Å²) in [6.45, 7) is 4.93. The standard InChI is InChI=1S/C29H32N2O2/c1-27-17-19-18-31(21-6-4-3-5-7-21)30-25(19)16-20(27)8-9-22-23(27)10-13-28(2)24(22)11-14-29(28)15-12-26(32)33-29/h3-9,16,18,22-24H,10-15,17H2,1-2H3/t22-,23+,24+,27+,28+,29-/m1/s1. The maximum atomic E-state index is 12.1. The van der Waals surface area contributed by atoms with E-state index in [4.69, 9.17) is 9.84 Å². The molecular weight excluding hydrogens is 408 g/mol. The lowest BCUT2D eigenvalue weighted by Gasteiger charge is -2.57. The number of aromatic nitrogens is 2. The first-order valence-corrected chi connectivity index (χ1v) is 12.7. The Kier molecular flexibility index (Phi) is 3.90. The van der Waals surface area contributed by atoms with Crippen molar-refractivity contribution in [2.45, 2.75) is 64.4 Å². The van der Waals surface area contributed by atoms with Crippen LogP contribution in [0.4, 0.5) is 0 Å². The van der Waals surface area contributed by atoms with Gasteiger partial charge >= 0.3 is 5.97 Å². The van der Waals surface area contributed by atoms with Gasteiger partial charge in [0.05, 0.1) is 11.4 Å². The van der Waals surface area contributed by atoms with Gasteiger partial charge in [0.2, 0.25) is 0 Å². The second-order valence-electron chi connectivity index (χ2n) is 11.6. The number of hydrogen-bond donors (Lipinski definition) is 0. The average Bonchev–Trinajstić information content (AvgIpc) is 3.48. The summed E-state index contributed by atoms with van der Waals surface area (Å²) >= 11 is 0. The first-order valence-electron chi connectivity index (χ1n) is 12.7. The molecule has 0 bridgehead atoms. The molecule has 2 aromatic rings. The highest BCUT2D eigenvalue weighted by atomic mass is 16.6. The number of allylic oxidation sites excluding steroid dienone is 3. The molecule has 4 nitrogen and oxygen atoms in total. The molecule has 2 saturated carbocycles. The van der Waals surface area contributed by atoms with Gasteiger partial charge < -0.3 is 4.74 Å². The molecule has 1 aliphatic heterocycles. The van der Waals surface area contributed by atoms with Gasteiger partial charge in [0.15, 0.2) is 0 Å². The number of fused-ring (bicyclic) bond motifs is 7. The van der Waals surface area contributed by atoms with E-state index in [9.17, 15) is 4.79 Å². The summed E-state index contributed by atoms with van der Waals surface area (Å²) in [4.78, 5) is 12.1. The van der Waals surface area contributed by atoms with Crippen molar-refractivity contribution in [1.29, 1.82) is 0 Å². The Labute approximate surface area is 195 Å². The number of carbonyl (C=O) groups is 1. The summed E-state index contributed by atoms with van der Waals surface area (Å²) in [5.41, 5.74) is 5.08. The minimum atomic E-state index is -0.207. The fourth-order valence-corrected chi connectivity index (χ4v) is 8.50. The highest BCUT2D eigenvalue weighted by Gasteiger charge is 2.66. The Morgan fingerprint density at radius 3 is 2.67 bits per heavy atom. The number of rotatable bonds is 1. The third-order valence-electron chi connectivity index (χ3n) is 10.3. The zero-order valence-corrected chi connectivity index (χ0v) is 19.6. The molecule has 5 aliphatic rings. The predicted octanol–water partition coefficient (Wildman–Crippen LogP) is 5.91. The average molecular weight is 441 g/mol. The van der Waals surface area contributed by atoms with Crippen molar-refractivity contribution in [2.75, 3.05) is 0 Å². The molecule has 0 amide bonds. The van der Waals surface area contributed by atoms with Crippen LogP contribution in [-0.2, 0) is 16.0 Å². The molecule has 7 rings (SSSR count). The summed E-state index contributed by atoms with van der Waals surface area (Å²) in [5.74, 6) is 1.82. The maximum absolute atomic E-state index is 12.1. The van der Waals surface area contributed by atoms with Crippen LogP contribution in [0.1, 0.15) is 63.6 Å². The summed E-state index contributed by atoms with van der Waals surface area (Å²) < 4.78 is 8.14. The van der Waals surface area contributed by atoms with Gasteiger partial charge in [0, 0.05) is 23.4 Å². The van der Waals surface area contributed by atoms with Crippen LogP contribution in [0.25, 0.3) is 11.8 Å². The zero-order valence-electron chi connectivity index (χ0n) is 19.6. The first kappa shape index (κ1) is 19.8. The lowest BCUT2D eigenvalue weighted by molar-refractivity contribution is -0.165. The van der Waals surface area contributed by atoms with E-state index in [2.05, 4.69) is 62.5 Å². The van der Waals surface area contributed by atoms with E-state index < -0.39 is 0 Å². The molecule has 1 saturated heterocycles. The Bertz CT molecular complexity index is 1210. The highest BCUT2D eigenvalue weighted by Crippen LogP contribution is 2.68. The van der Waals surface area contributed by atoms with Crippen molar-refractivity contribution in [3.8, 4) is 5.69 Å². The van der Waals surface area contributed by atoms with Gasteiger partial charge in [0.1, 0.15) is 5.60 Å². The SMILES string of the molecule is C[C@]12Cc3cn(-c4ccccc4)nc3C=C1C=C[C@@H]1[C@@H]2CC[C@@]2(C)[C@H]1CC[C@@]21CCC(=O)O1. The van der Waals surface area contributed by atoms with E-state index in [1.54, 1.807) is 0 Å². The Morgan fingerprint density at radius 2 is 1.88 bits per heavy atom. The lowest BCUT2D eigenvalue weighted by Crippen LogP contribution is -2.53. The molecule has 2 heterocycles. The molecule has 4 heteroatoms. The van der Waals surface area contributed by atoms with Crippen LogP contribution in [0, 0.1) is 28.6 Å². The monoisotopic (exact) mass is 440 g/mol. The van der Waals surface area contributed by atoms with Crippen LogP contribution in [0.5, 0.6) is 0 Å². The van der Waals surface area contributed by atoms with E-state index >= 15 is 0 Å². The van der Waals surface area contributed by atoms with Gasteiger partial charge in [-0.15, -0.1) is 0 Å². The molecule has 0 radical (unpaired) electrons. The fraction of sp³-hybridized carbons (Fsp3) is 0.517. The molecule has 0 N–H and O–H groups in total. The van der Waals surface area contributed by atoms with E-state index in [0.29, 0.717) is 24.2 Å². The summed E-state index contributed by atoms with van der Waals surface area (Å²) in [5, 5.41) is 4.92. The number of nitrogens with zero attached hydrogens (tertiary/aromatic N) is 2. The van der Waals surface area contributed by atoms with Gasteiger partial charge in [-0.3, -0.25) is 4.79 Å². The van der Waals surface area contributed by atoms with Crippen LogP contribution in [0.15, 0.2) is 54.3 Å². The summed E-state index contributed by atoms with van der Waals surface area (Å²) in [6, 6.07) is 10.4. The third-order valence-corrected chi connectivity index (χ3v) is 10.3. The van der Waals surface area contributed by atoms with Gasteiger partial charge in [-0.2, -0.15) is 5.10 Å². The van der Waals surface area contributed by atoms with Crippen molar-refractivity contribution in [3.05, 3.63) is 65.5 Å². The summed E-state index contributed by atoms with van der Waals surface area (Å²) in [7, 11) is 0. The summed E-state index contributed by atoms with van der Waals surface area (Å²) in [6.07, 6.45) is 16.7. The minimum absolute atomic E-state index is 0.0191. The van der Waals surface area contributed by atoms with E-state index in [0.717, 1.165) is 30.6 Å². The molecule has 3 fully saturated rings. The van der Waals surface area contributed by atoms with Gasteiger partial charge in [-0.05, 0) is 85.6 Å². The topological polar surface area (TPSA) is 44.1 Å². The van der Waals surface area contributed by atoms with Gasteiger partial charge in [-0.25, -0.2) is 4.68 Å². The normalized spacial score (nSPS) is 40.6. The van der Waals surface area contributed by atoms with Crippen molar-refractivity contribution >= 4 is 12.0 Å². The Hall–Kier alpha value is -2.62. The Balaban J connectivity index is 1.24. The first-order chi connectivity index (χ1) is 15.9. The van der Waals surface area contributed by atoms with Crippen molar-refractivity contribution < 1.29 is 9.53 Å². The molecule has 1 aromatic carbocycles. The minimum Gasteiger partial charge on any atom is -0.458 e. The van der Waals surface area contributed by atoms with Gasteiger partial charge in [0.25, 0.3) is 0 Å². The quantitative estimate of drug-likeness (QED) is 0.518. The highest BCUT2D eigenvalue weighted by molar-refractivity contribution is 5.72. The van der Waals surface area contributed by atoms with Crippen LogP contribution >= 0.6 is 0 Å². The number of esters is 1. The zero-order chi connectivity index (χ0) is 22.4. The molecule has 170 valence electrons. The smallest absolute Gasteiger partial charge is 0.306 e. The third kappa shape index (κ3) is 2.53. The van der Waals surface area contributed by atoms with Crippen molar-refractivity contribution in [1.82, 2.24) is 9.78 Å². The van der Waals surface area contributed by atoms with E-state index in [1.807, 2.05) is 10.7 Å². The molecule has 0 unspecified atom stereocenters. The fourth-order valence-electron chi connectivity index (χ4n) is 8.50. The Morgan fingerprint density at radius 1 is 1.06 bits per heavy atom. The second kappa shape index (κ2) is 6.49. The number of ether oxygens (including phenoxy) is 1. The number of para-hydroxylation sites is 1. The van der Waals surface area contributed by atoms with Crippen LogP contribution in [0.2, 0.25) is 0 Å². The van der Waals surface area contributed by atoms with E-state index in [-0.39, 0.29) is 22.4 Å². The van der Waals surface area contributed by atoms with Gasteiger partial charge in [-0.1, -0.05) is 44.2 Å². The number of benzene rings is 1. The van der Waals surface area contributed by atoms with Crippen LogP contribution < -0.4 is 0 Å². The molecule has 1 spiro atoms. The second-order valence-corrected chi connectivity index (χ2v) is 11.6. The number of hydrogen-bond acceptors (Lipinski definition) is 3. The molecular formula is C29H32N2O2. The van der Waals surface area contributed by atoms with E-state index in [1.165, 1.54) is 30.4 Å². The lowest BCUT2D eigenvalue weighted by atomic mass is 9.48.